The highest BCUT2D eigenvalue weighted by molar-refractivity contribution is 6.00. The summed E-state index contributed by atoms with van der Waals surface area (Å²) in [6.45, 7) is 4.63. The molecule has 0 bridgehead atoms. The number of likely N-dealkylation sites (tertiary alicyclic amines) is 1. The minimum absolute atomic E-state index is 0.170. The molecule has 0 radical (unpaired) electrons. The molecule has 1 aromatic rings. The van der Waals surface area contributed by atoms with E-state index in [2.05, 4.69) is 0 Å². The van der Waals surface area contributed by atoms with E-state index < -0.39 is 35.1 Å². The van der Waals surface area contributed by atoms with Crippen LogP contribution in [0.3, 0.4) is 0 Å². The molecule has 4 heterocycles. The lowest BCUT2D eigenvalue weighted by Crippen LogP contribution is -2.58. The molecule has 8 nitrogen and oxygen atoms in total. The first-order valence-electron chi connectivity index (χ1n) is 12.3. The Balaban J connectivity index is 1.63. The molecule has 1 N–H and O–H groups in total. The predicted octanol–water partition coefficient (Wildman–Crippen LogP) is 1.36. The third kappa shape index (κ3) is 3.45. The van der Waals surface area contributed by atoms with E-state index in [-0.39, 0.29) is 24.3 Å². The van der Waals surface area contributed by atoms with Crippen molar-refractivity contribution >= 4 is 17.7 Å². The molecular weight excluding hydrogens is 446 g/mol. The molecule has 2 saturated heterocycles. The van der Waals surface area contributed by atoms with Gasteiger partial charge in [-0.2, -0.15) is 0 Å². The summed E-state index contributed by atoms with van der Waals surface area (Å²) in [5.41, 5.74) is -1.33. The van der Waals surface area contributed by atoms with Crippen molar-refractivity contribution in [3.8, 4) is 0 Å². The number of hydrogen-bond acceptors (Lipinski definition) is 5. The molecule has 2 fully saturated rings. The lowest BCUT2D eigenvalue weighted by molar-refractivity contribution is -0.155. The van der Waals surface area contributed by atoms with Crippen molar-refractivity contribution in [2.24, 2.45) is 11.8 Å². The molecule has 1 spiro atoms. The number of ether oxygens (including phenoxy) is 1. The molecule has 3 amide bonds. The number of hydrogen-bond donors (Lipinski definition) is 1. The minimum atomic E-state index is -1.29. The van der Waals surface area contributed by atoms with Gasteiger partial charge in [-0.25, -0.2) is 0 Å². The van der Waals surface area contributed by atoms with Crippen molar-refractivity contribution in [3.63, 3.8) is 0 Å². The number of rotatable bonds is 5. The van der Waals surface area contributed by atoms with Gasteiger partial charge in [-0.1, -0.05) is 61.6 Å². The molecule has 186 valence electrons. The van der Waals surface area contributed by atoms with Crippen LogP contribution >= 0.6 is 0 Å². The Labute approximate surface area is 205 Å². The molecule has 8 heteroatoms. The Kier molecular flexibility index (Phi) is 5.84. The van der Waals surface area contributed by atoms with Gasteiger partial charge < -0.3 is 24.5 Å². The van der Waals surface area contributed by atoms with Crippen LogP contribution in [0.4, 0.5) is 0 Å². The molecule has 6 atom stereocenters. The van der Waals surface area contributed by atoms with Gasteiger partial charge in [0.05, 0.1) is 30.1 Å². The highest BCUT2D eigenvalue weighted by Gasteiger charge is 2.75. The number of fused-ring (bicyclic) bond motifs is 2. The zero-order valence-corrected chi connectivity index (χ0v) is 20.5. The third-order valence-electron chi connectivity index (χ3n) is 8.07. The first-order chi connectivity index (χ1) is 16.8. The van der Waals surface area contributed by atoms with Gasteiger partial charge in [0.2, 0.25) is 17.7 Å². The average Bonchev–Trinajstić information content (AvgIpc) is 3.13. The number of nitrogens with zero attached hydrogens (tertiary/aromatic N) is 3. The summed E-state index contributed by atoms with van der Waals surface area (Å²) in [7, 11) is 1.72. The SMILES string of the molecule is CC[C@@H](CO)N1C(=O)[C@@H]2[C@@H]3C(=O)N(C)CC=C[C@]3(C)O[C@@]23C=CCN(Cc2ccccc2)C(=O)C13. The Morgan fingerprint density at radius 3 is 2.43 bits per heavy atom. The fourth-order valence-electron chi connectivity index (χ4n) is 6.38. The molecule has 35 heavy (non-hydrogen) atoms. The fraction of sp³-hybridized carbons (Fsp3) is 0.519. The van der Waals surface area contributed by atoms with Crippen LogP contribution in [0, 0.1) is 11.8 Å². The zero-order chi connectivity index (χ0) is 25.0. The second kappa shape index (κ2) is 8.60. The van der Waals surface area contributed by atoms with Crippen LogP contribution in [-0.2, 0) is 25.7 Å². The van der Waals surface area contributed by atoms with E-state index in [1.165, 1.54) is 4.90 Å². The summed E-state index contributed by atoms with van der Waals surface area (Å²) >= 11 is 0. The lowest BCUT2D eigenvalue weighted by atomic mass is 9.74. The topological polar surface area (TPSA) is 90.4 Å². The van der Waals surface area contributed by atoms with Crippen LogP contribution in [0.5, 0.6) is 0 Å². The van der Waals surface area contributed by atoms with Gasteiger partial charge >= 0.3 is 0 Å². The van der Waals surface area contributed by atoms with Gasteiger partial charge in [0.25, 0.3) is 0 Å². The van der Waals surface area contributed by atoms with Crippen molar-refractivity contribution in [2.75, 3.05) is 26.7 Å². The van der Waals surface area contributed by atoms with Crippen LogP contribution in [0.25, 0.3) is 0 Å². The molecule has 0 aliphatic carbocycles. The van der Waals surface area contributed by atoms with Crippen LogP contribution in [0.1, 0.15) is 25.8 Å². The Hall–Kier alpha value is -2.97. The van der Waals surface area contributed by atoms with Crippen LogP contribution in [0.2, 0.25) is 0 Å². The molecule has 0 saturated carbocycles. The van der Waals surface area contributed by atoms with Gasteiger partial charge in [0.1, 0.15) is 11.6 Å². The van der Waals surface area contributed by atoms with E-state index in [1.54, 1.807) is 16.8 Å². The third-order valence-corrected chi connectivity index (χ3v) is 8.07. The Bertz CT molecular complexity index is 1080. The average molecular weight is 480 g/mol. The van der Waals surface area contributed by atoms with Gasteiger partial charge in [-0.05, 0) is 18.9 Å². The number of likely N-dealkylation sites (N-methyl/N-ethyl adjacent to an activating group) is 1. The number of aliphatic hydroxyl groups is 1. The number of benzene rings is 1. The van der Waals surface area contributed by atoms with Gasteiger partial charge in [-0.15, -0.1) is 0 Å². The largest absolute Gasteiger partial charge is 0.394 e. The Morgan fingerprint density at radius 1 is 1.03 bits per heavy atom. The summed E-state index contributed by atoms with van der Waals surface area (Å²) in [5.74, 6) is -2.32. The van der Waals surface area contributed by atoms with E-state index in [0.717, 1.165) is 5.56 Å². The smallest absolute Gasteiger partial charge is 0.249 e. The van der Waals surface area contributed by atoms with Gasteiger partial charge in [-0.3, -0.25) is 14.4 Å². The van der Waals surface area contributed by atoms with Gasteiger partial charge in [0.15, 0.2) is 0 Å². The van der Waals surface area contributed by atoms with Crippen molar-refractivity contribution in [1.29, 1.82) is 0 Å². The summed E-state index contributed by atoms with van der Waals surface area (Å²) in [6, 6.07) is 8.20. The summed E-state index contributed by atoms with van der Waals surface area (Å²) < 4.78 is 6.74. The molecule has 1 aromatic carbocycles. The molecule has 0 aromatic heterocycles. The fourth-order valence-corrected chi connectivity index (χ4v) is 6.38. The monoisotopic (exact) mass is 479 g/mol. The second-order valence-corrected chi connectivity index (χ2v) is 10.2. The van der Waals surface area contributed by atoms with Crippen molar-refractivity contribution in [1.82, 2.24) is 14.7 Å². The molecule has 5 rings (SSSR count). The lowest BCUT2D eigenvalue weighted by Gasteiger charge is -2.40. The van der Waals surface area contributed by atoms with Crippen molar-refractivity contribution in [2.45, 2.75) is 50.1 Å². The summed E-state index contributed by atoms with van der Waals surface area (Å²) in [6.07, 6.45) is 7.96. The minimum Gasteiger partial charge on any atom is -0.394 e. The predicted molar refractivity (Wildman–Crippen MR) is 129 cm³/mol. The van der Waals surface area contributed by atoms with E-state index in [1.807, 2.05) is 68.5 Å². The zero-order valence-electron chi connectivity index (χ0n) is 20.5. The highest BCUT2D eigenvalue weighted by atomic mass is 16.5. The molecule has 1 unspecified atom stereocenters. The standard InChI is InChI=1S/C27H33N3O5/c1-4-19(17-31)30-22-25(34)29(16-18-10-6-5-7-11-18)15-9-13-27(22)21(24(30)33)20-23(32)28(3)14-8-12-26(20,2)35-27/h5-13,19-22,31H,4,14-17H2,1-3H3/t19-,20+,21-,22?,26-,27-/m0/s1. The number of carbonyl (C=O) groups is 3. The summed E-state index contributed by atoms with van der Waals surface area (Å²) in [4.78, 5) is 46.7. The first kappa shape index (κ1) is 23.8. The highest BCUT2D eigenvalue weighted by Crippen LogP contribution is 2.57. The first-order valence-corrected chi connectivity index (χ1v) is 12.3. The normalized spacial score (nSPS) is 35.0. The van der Waals surface area contributed by atoms with Crippen molar-refractivity contribution < 1.29 is 24.2 Å². The maximum atomic E-state index is 14.2. The molecule has 4 aliphatic heterocycles. The summed E-state index contributed by atoms with van der Waals surface area (Å²) in [5, 5.41) is 10.2. The van der Waals surface area contributed by atoms with Crippen LogP contribution < -0.4 is 0 Å². The van der Waals surface area contributed by atoms with E-state index >= 15 is 0 Å². The molecule has 4 aliphatic rings. The van der Waals surface area contributed by atoms with E-state index in [4.69, 9.17) is 4.74 Å². The van der Waals surface area contributed by atoms with Crippen molar-refractivity contribution in [3.05, 3.63) is 60.2 Å². The van der Waals surface area contributed by atoms with Crippen LogP contribution in [0.15, 0.2) is 54.6 Å². The quantitative estimate of drug-likeness (QED) is 0.644. The Morgan fingerprint density at radius 2 is 1.74 bits per heavy atom. The van der Waals surface area contributed by atoms with E-state index in [0.29, 0.717) is 26.1 Å². The molecular formula is C27H33N3O5. The number of aliphatic hydroxyl groups excluding tert-OH is 1. The van der Waals surface area contributed by atoms with Gasteiger partial charge in [0, 0.05) is 26.7 Å². The van der Waals surface area contributed by atoms with Crippen LogP contribution in [-0.4, -0.2) is 87.6 Å². The number of carbonyl (C=O) groups excluding carboxylic acids is 3. The van der Waals surface area contributed by atoms with E-state index in [9.17, 15) is 19.5 Å². The maximum absolute atomic E-state index is 14.2. The number of amides is 3. The maximum Gasteiger partial charge on any atom is 0.249 e. The second-order valence-electron chi connectivity index (χ2n) is 10.2.